The topological polar surface area (TPSA) is 96.4 Å². The van der Waals surface area contributed by atoms with Crippen LogP contribution in [0.2, 0.25) is 0 Å². The first-order valence-electron chi connectivity index (χ1n) is 11.7. The number of amides is 1. The SMILES string of the molecule is CCN(CC)CCCN1C(=O)C(=O)/C(=C(/O)c2ccc(OC)cc2)C1c1ccc(C(=O)OC)cc1. The predicted octanol–water partition coefficient (Wildman–Crippen LogP) is 3.64. The number of carbonyl (C=O) groups excluding carboxylic acids is 3. The summed E-state index contributed by atoms with van der Waals surface area (Å²) < 4.78 is 9.94. The van der Waals surface area contributed by atoms with E-state index in [9.17, 15) is 19.5 Å². The molecular formula is C27H32N2O6. The molecule has 0 spiro atoms. The van der Waals surface area contributed by atoms with Gasteiger partial charge in [0.2, 0.25) is 0 Å². The number of likely N-dealkylation sites (tertiary alicyclic amines) is 1. The highest BCUT2D eigenvalue weighted by atomic mass is 16.5. The number of rotatable bonds is 10. The lowest BCUT2D eigenvalue weighted by molar-refractivity contribution is -0.140. The number of benzene rings is 2. The van der Waals surface area contributed by atoms with Crippen LogP contribution in [0.25, 0.3) is 5.76 Å². The molecule has 0 aromatic heterocycles. The Balaban J connectivity index is 2.03. The van der Waals surface area contributed by atoms with E-state index in [2.05, 4.69) is 18.7 Å². The van der Waals surface area contributed by atoms with E-state index in [1.165, 1.54) is 19.1 Å². The second-order valence-corrected chi connectivity index (χ2v) is 8.22. The number of methoxy groups -OCH3 is 2. The number of nitrogens with zero attached hydrogens (tertiary/aromatic N) is 2. The summed E-state index contributed by atoms with van der Waals surface area (Å²) in [7, 11) is 2.84. The number of aliphatic hydroxyl groups excluding tert-OH is 1. The molecule has 1 amide bonds. The fourth-order valence-electron chi connectivity index (χ4n) is 4.29. The maximum Gasteiger partial charge on any atom is 0.337 e. The van der Waals surface area contributed by atoms with Crippen LogP contribution in [0.1, 0.15) is 47.8 Å². The molecule has 1 aliphatic rings. The number of hydrogen-bond acceptors (Lipinski definition) is 7. The number of carbonyl (C=O) groups is 3. The van der Waals surface area contributed by atoms with Gasteiger partial charge >= 0.3 is 5.97 Å². The number of hydrogen-bond donors (Lipinski definition) is 1. The maximum absolute atomic E-state index is 13.1. The van der Waals surface area contributed by atoms with Crippen molar-refractivity contribution < 1.29 is 29.0 Å². The van der Waals surface area contributed by atoms with Crippen LogP contribution >= 0.6 is 0 Å². The first-order chi connectivity index (χ1) is 16.9. The van der Waals surface area contributed by atoms with Crippen LogP contribution in [-0.4, -0.2) is 73.0 Å². The lowest BCUT2D eigenvalue weighted by Gasteiger charge is -2.27. The Labute approximate surface area is 205 Å². The van der Waals surface area contributed by atoms with Crippen LogP contribution in [0.15, 0.2) is 54.1 Å². The van der Waals surface area contributed by atoms with Gasteiger partial charge in [-0.15, -0.1) is 0 Å². The molecule has 0 aliphatic carbocycles. The Bertz CT molecular complexity index is 1090. The van der Waals surface area contributed by atoms with Gasteiger partial charge in [-0.1, -0.05) is 26.0 Å². The third-order valence-electron chi connectivity index (χ3n) is 6.32. The Morgan fingerprint density at radius 3 is 2.11 bits per heavy atom. The number of Topliss-reactive ketones (excluding diaryl/α,β-unsaturated/α-hetero) is 1. The summed E-state index contributed by atoms with van der Waals surface area (Å²) in [5.74, 6) is -1.51. The molecule has 1 saturated heterocycles. The smallest absolute Gasteiger partial charge is 0.337 e. The van der Waals surface area contributed by atoms with Crippen LogP contribution in [0.3, 0.4) is 0 Å². The zero-order valence-corrected chi connectivity index (χ0v) is 20.6. The number of ether oxygens (including phenoxy) is 2. The van der Waals surface area contributed by atoms with Gasteiger partial charge in [-0.3, -0.25) is 9.59 Å². The van der Waals surface area contributed by atoms with E-state index in [1.807, 2.05) is 0 Å². The highest BCUT2D eigenvalue weighted by molar-refractivity contribution is 6.46. The summed E-state index contributed by atoms with van der Waals surface area (Å²) in [5.41, 5.74) is 1.40. The van der Waals surface area contributed by atoms with E-state index in [1.54, 1.807) is 48.5 Å². The van der Waals surface area contributed by atoms with Gasteiger partial charge in [0.15, 0.2) is 0 Å². The molecule has 1 atom stereocenters. The van der Waals surface area contributed by atoms with Crippen molar-refractivity contribution in [3.05, 3.63) is 70.8 Å². The van der Waals surface area contributed by atoms with E-state index in [4.69, 9.17) is 9.47 Å². The maximum atomic E-state index is 13.1. The van der Waals surface area contributed by atoms with Crippen molar-refractivity contribution in [3.8, 4) is 5.75 Å². The average Bonchev–Trinajstić information content (AvgIpc) is 3.15. The molecule has 8 heteroatoms. The highest BCUT2D eigenvalue weighted by Crippen LogP contribution is 2.39. The molecule has 1 unspecified atom stereocenters. The van der Waals surface area contributed by atoms with Crippen LogP contribution in [0.5, 0.6) is 5.75 Å². The van der Waals surface area contributed by atoms with E-state index in [0.29, 0.717) is 35.4 Å². The molecule has 1 heterocycles. The monoisotopic (exact) mass is 480 g/mol. The molecule has 8 nitrogen and oxygen atoms in total. The Morgan fingerprint density at radius 2 is 1.57 bits per heavy atom. The highest BCUT2D eigenvalue weighted by Gasteiger charge is 2.45. The molecule has 1 fully saturated rings. The Kier molecular flexibility index (Phi) is 8.65. The van der Waals surface area contributed by atoms with Crippen molar-refractivity contribution in [2.24, 2.45) is 0 Å². The standard InChI is InChI=1S/C27H32N2O6/c1-5-28(6-2)16-7-17-29-23(18-8-10-20(11-9-18)27(33)35-4)22(25(31)26(29)32)24(30)19-12-14-21(34-3)15-13-19/h8-15,23,30H,5-7,16-17H2,1-4H3/b24-22+. The van der Waals surface area contributed by atoms with Crippen LogP contribution in [0.4, 0.5) is 0 Å². The summed E-state index contributed by atoms with van der Waals surface area (Å²) in [6.07, 6.45) is 0.675. The summed E-state index contributed by atoms with van der Waals surface area (Å²) in [4.78, 5) is 41.9. The van der Waals surface area contributed by atoms with Crippen LogP contribution in [0, 0.1) is 0 Å². The minimum absolute atomic E-state index is 0.0221. The molecule has 2 aromatic rings. The second-order valence-electron chi connectivity index (χ2n) is 8.22. The molecule has 0 radical (unpaired) electrons. The molecule has 1 N–H and O–H groups in total. The fourth-order valence-corrected chi connectivity index (χ4v) is 4.29. The Hall–Kier alpha value is -3.65. The van der Waals surface area contributed by atoms with Gasteiger partial charge in [0.25, 0.3) is 11.7 Å². The molecule has 2 aromatic carbocycles. The van der Waals surface area contributed by atoms with Crippen molar-refractivity contribution >= 4 is 23.4 Å². The zero-order chi connectivity index (χ0) is 25.5. The van der Waals surface area contributed by atoms with E-state index in [0.717, 1.165) is 19.6 Å². The molecular weight excluding hydrogens is 448 g/mol. The predicted molar refractivity (Wildman–Crippen MR) is 132 cm³/mol. The normalized spacial score (nSPS) is 17.2. The van der Waals surface area contributed by atoms with Crippen molar-refractivity contribution in [2.45, 2.75) is 26.3 Å². The van der Waals surface area contributed by atoms with Gasteiger partial charge in [-0.05, 0) is 68.0 Å². The van der Waals surface area contributed by atoms with Gasteiger partial charge in [0.05, 0.1) is 31.4 Å². The number of aliphatic hydroxyl groups is 1. The van der Waals surface area contributed by atoms with Crippen molar-refractivity contribution in [1.82, 2.24) is 9.80 Å². The molecule has 35 heavy (non-hydrogen) atoms. The molecule has 0 bridgehead atoms. The third kappa shape index (κ3) is 5.54. The molecule has 3 rings (SSSR count). The summed E-state index contributed by atoms with van der Waals surface area (Å²) in [5, 5.41) is 11.1. The van der Waals surface area contributed by atoms with Crippen LogP contribution < -0.4 is 4.74 Å². The van der Waals surface area contributed by atoms with Crippen molar-refractivity contribution in [2.75, 3.05) is 40.4 Å². The van der Waals surface area contributed by atoms with E-state index >= 15 is 0 Å². The average molecular weight is 481 g/mol. The number of esters is 1. The zero-order valence-electron chi connectivity index (χ0n) is 20.6. The first-order valence-corrected chi connectivity index (χ1v) is 11.7. The number of ketones is 1. The van der Waals surface area contributed by atoms with Gasteiger partial charge in [-0.2, -0.15) is 0 Å². The first kappa shape index (κ1) is 26.0. The molecule has 186 valence electrons. The third-order valence-corrected chi connectivity index (χ3v) is 6.32. The second kappa shape index (κ2) is 11.7. The van der Waals surface area contributed by atoms with Gasteiger partial charge in [0, 0.05) is 12.1 Å². The summed E-state index contributed by atoms with van der Waals surface area (Å²) in [6, 6.07) is 12.4. The minimum Gasteiger partial charge on any atom is -0.507 e. The minimum atomic E-state index is -0.777. The lowest BCUT2D eigenvalue weighted by atomic mass is 9.94. The van der Waals surface area contributed by atoms with E-state index < -0.39 is 23.7 Å². The Morgan fingerprint density at radius 1 is 0.971 bits per heavy atom. The lowest BCUT2D eigenvalue weighted by Crippen LogP contribution is -2.33. The van der Waals surface area contributed by atoms with Gasteiger partial charge < -0.3 is 24.4 Å². The largest absolute Gasteiger partial charge is 0.507 e. The quantitative estimate of drug-likeness (QED) is 0.240. The van der Waals surface area contributed by atoms with Crippen LogP contribution in [-0.2, 0) is 14.3 Å². The van der Waals surface area contributed by atoms with Gasteiger partial charge in [-0.25, -0.2) is 4.79 Å². The summed E-state index contributed by atoms with van der Waals surface area (Å²) in [6.45, 7) is 7.07. The van der Waals surface area contributed by atoms with Crippen molar-refractivity contribution in [3.63, 3.8) is 0 Å². The fraction of sp³-hybridized carbons (Fsp3) is 0.370. The van der Waals surface area contributed by atoms with Gasteiger partial charge in [0.1, 0.15) is 11.5 Å². The molecule has 0 saturated carbocycles. The van der Waals surface area contributed by atoms with E-state index in [-0.39, 0.29) is 11.3 Å². The van der Waals surface area contributed by atoms with Crippen molar-refractivity contribution in [1.29, 1.82) is 0 Å². The summed E-state index contributed by atoms with van der Waals surface area (Å²) >= 11 is 0. The molecule has 1 aliphatic heterocycles.